The van der Waals surface area contributed by atoms with Gasteiger partial charge in [-0.2, -0.15) is 0 Å². The quantitative estimate of drug-likeness (QED) is 0.403. The molecule has 174 valence electrons. The number of fused-ring (bicyclic) bond motifs is 1. The summed E-state index contributed by atoms with van der Waals surface area (Å²) < 4.78 is 18.2. The van der Waals surface area contributed by atoms with Gasteiger partial charge in [-0.25, -0.2) is 0 Å². The van der Waals surface area contributed by atoms with Gasteiger partial charge in [0.05, 0.1) is 40.1 Å². The molecule has 33 heavy (non-hydrogen) atoms. The van der Waals surface area contributed by atoms with Gasteiger partial charge in [0, 0.05) is 19.2 Å². The SMILES string of the molecule is COc1cc(-c2cc(=O)c3cccc(Cl)c3o2)c(OCCCN2CC[C@H](C(=O)O)C2)cc1Br. The predicted octanol–water partition coefficient (Wildman–Crippen LogP) is 5.06. The Labute approximate surface area is 204 Å². The summed E-state index contributed by atoms with van der Waals surface area (Å²) >= 11 is 9.75. The van der Waals surface area contributed by atoms with E-state index in [1.54, 1.807) is 37.4 Å². The van der Waals surface area contributed by atoms with E-state index in [1.165, 1.54) is 6.07 Å². The molecule has 0 spiro atoms. The number of ether oxygens (including phenoxy) is 2. The third kappa shape index (κ3) is 5.18. The first-order chi connectivity index (χ1) is 15.9. The van der Waals surface area contributed by atoms with Gasteiger partial charge in [0.15, 0.2) is 11.0 Å². The Bertz CT molecular complexity index is 1240. The summed E-state index contributed by atoms with van der Waals surface area (Å²) in [6.45, 7) is 2.51. The van der Waals surface area contributed by atoms with E-state index in [0.717, 1.165) is 19.5 Å². The number of carboxylic acid groups (broad SMARTS) is 1. The molecule has 2 aromatic carbocycles. The summed E-state index contributed by atoms with van der Waals surface area (Å²) in [6.07, 6.45) is 1.40. The van der Waals surface area contributed by atoms with Crippen LogP contribution in [0.4, 0.5) is 0 Å². The number of rotatable bonds is 8. The van der Waals surface area contributed by atoms with Crippen molar-refractivity contribution < 1.29 is 23.8 Å². The summed E-state index contributed by atoms with van der Waals surface area (Å²) in [5.74, 6) is 0.388. The minimum atomic E-state index is -0.738. The highest BCUT2D eigenvalue weighted by Crippen LogP contribution is 2.39. The van der Waals surface area contributed by atoms with Crippen molar-refractivity contribution >= 4 is 44.5 Å². The molecule has 0 bridgehead atoms. The van der Waals surface area contributed by atoms with Crippen LogP contribution in [-0.2, 0) is 4.79 Å². The number of benzene rings is 2. The fourth-order valence-electron chi connectivity index (χ4n) is 3.99. The molecule has 1 fully saturated rings. The van der Waals surface area contributed by atoms with Crippen molar-refractivity contribution in [2.24, 2.45) is 5.92 Å². The van der Waals surface area contributed by atoms with Gasteiger partial charge in [-0.3, -0.25) is 9.59 Å². The first kappa shape index (κ1) is 23.6. The average molecular weight is 537 g/mol. The summed E-state index contributed by atoms with van der Waals surface area (Å²) in [6, 6.07) is 9.99. The van der Waals surface area contributed by atoms with Crippen LogP contribution in [0.3, 0.4) is 0 Å². The van der Waals surface area contributed by atoms with Gasteiger partial charge in [-0.1, -0.05) is 17.7 Å². The van der Waals surface area contributed by atoms with E-state index in [-0.39, 0.29) is 11.3 Å². The molecule has 1 saturated heterocycles. The first-order valence-electron chi connectivity index (χ1n) is 10.6. The molecule has 0 unspecified atom stereocenters. The van der Waals surface area contributed by atoms with E-state index < -0.39 is 5.97 Å². The van der Waals surface area contributed by atoms with Crippen LogP contribution in [-0.4, -0.2) is 49.3 Å². The number of likely N-dealkylation sites (tertiary alicyclic amines) is 1. The highest BCUT2D eigenvalue weighted by molar-refractivity contribution is 9.10. The van der Waals surface area contributed by atoms with E-state index in [9.17, 15) is 9.59 Å². The zero-order chi connectivity index (χ0) is 23.5. The topological polar surface area (TPSA) is 89.2 Å². The van der Waals surface area contributed by atoms with Gasteiger partial charge in [0.1, 0.15) is 17.3 Å². The normalized spacial score (nSPS) is 16.3. The third-order valence-corrected chi connectivity index (χ3v) is 6.64. The van der Waals surface area contributed by atoms with Crippen LogP contribution in [0.2, 0.25) is 5.02 Å². The monoisotopic (exact) mass is 535 g/mol. The van der Waals surface area contributed by atoms with Gasteiger partial charge in [-0.05, 0) is 59.6 Å². The van der Waals surface area contributed by atoms with Crippen molar-refractivity contribution in [1.82, 2.24) is 4.90 Å². The third-order valence-electron chi connectivity index (χ3n) is 5.72. The molecule has 1 aliphatic rings. The minimum Gasteiger partial charge on any atom is -0.496 e. The molecule has 1 N–H and O–H groups in total. The lowest BCUT2D eigenvalue weighted by atomic mass is 10.1. The van der Waals surface area contributed by atoms with Crippen molar-refractivity contribution in [2.45, 2.75) is 12.8 Å². The van der Waals surface area contributed by atoms with Crippen molar-refractivity contribution in [1.29, 1.82) is 0 Å². The summed E-state index contributed by atoms with van der Waals surface area (Å²) in [4.78, 5) is 26.0. The summed E-state index contributed by atoms with van der Waals surface area (Å²) in [5.41, 5.74) is 0.682. The molecule has 0 aliphatic carbocycles. The van der Waals surface area contributed by atoms with Gasteiger partial charge >= 0.3 is 5.97 Å². The van der Waals surface area contributed by atoms with Crippen LogP contribution in [0.5, 0.6) is 11.5 Å². The fourth-order valence-corrected chi connectivity index (χ4v) is 4.68. The lowest BCUT2D eigenvalue weighted by Crippen LogP contribution is -2.25. The van der Waals surface area contributed by atoms with Crippen LogP contribution in [0.1, 0.15) is 12.8 Å². The zero-order valence-corrected chi connectivity index (χ0v) is 20.3. The molecule has 2 heterocycles. The number of methoxy groups -OCH3 is 1. The van der Waals surface area contributed by atoms with Crippen LogP contribution < -0.4 is 14.9 Å². The van der Waals surface area contributed by atoms with Crippen molar-refractivity contribution in [3.05, 3.63) is 56.1 Å². The van der Waals surface area contributed by atoms with Crippen molar-refractivity contribution in [3.8, 4) is 22.8 Å². The Balaban J connectivity index is 1.56. The second-order valence-corrected chi connectivity index (χ2v) is 9.16. The van der Waals surface area contributed by atoms with Crippen molar-refractivity contribution in [2.75, 3.05) is 33.4 Å². The number of nitrogens with zero attached hydrogens (tertiary/aromatic N) is 1. The Morgan fingerprint density at radius 3 is 2.85 bits per heavy atom. The standard InChI is InChI=1S/C24H23BrClNO6/c1-31-22-10-16(21-12-19(28)15-4-2-5-18(26)23(15)33-21)20(11-17(22)25)32-9-3-7-27-8-6-14(13-27)24(29)30/h2,4-5,10-12,14H,3,6-9,13H2,1H3,(H,29,30)/t14-/m0/s1. The molecule has 0 saturated carbocycles. The van der Waals surface area contributed by atoms with Gasteiger partial charge in [-0.15, -0.1) is 0 Å². The molecule has 7 nitrogen and oxygen atoms in total. The maximum atomic E-state index is 12.7. The largest absolute Gasteiger partial charge is 0.496 e. The summed E-state index contributed by atoms with van der Waals surface area (Å²) in [5, 5.41) is 9.91. The Hall–Kier alpha value is -2.55. The lowest BCUT2D eigenvalue weighted by Gasteiger charge is -2.17. The zero-order valence-electron chi connectivity index (χ0n) is 18.0. The fraction of sp³-hybridized carbons (Fsp3) is 0.333. The molecule has 1 atom stereocenters. The Kier molecular flexibility index (Phi) is 7.26. The second kappa shape index (κ2) is 10.2. The molecular formula is C24H23BrClNO6. The maximum absolute atomic E-state index is 12.7. The first-order valence-corrected chi connectivity index (χ1v) is 11.7. The molecule has 0 amide bonds. The maximum Gasteiger partial charge on any atom is 0.307 e. The van der Waals surface area contributed by atoms with E-state index in [1.807, 2.05) is 0 Å². The second-order valence-electron chi connectivity index (χ2n) is 7.90. The molecule has 4 rings (SSSR count). The van der Waals surface area contributed by atoms with Gasteiger partial charge < -0.3 is 23.9 Å². The van der Waals surface area contributed by atoms with Gasteiger partial charge in [0.25, 0.3) is 0 Å². The molecule has 1 aliphatic heterocycles. The number of aliphatic carboxylic acids is 1. The number of carbonyl (C=O) groups is 1. The van der Waals surface area contributed by atoms with Crippen LogP contribution in [0.25, 0.3) is 22.3 Å². The van der Waals surface area contributed by atoms with E-state index in [2.05, 4.69) is 20.8 Å². The highest BCUT2D eigenvalue weighted by Gasteiger charge is 2.27. The molecule has 3 aromatic rings. The Morgan fingerprint density at radius 2 is 2.12 bits per heavy atom. The molecule has 9 heteroatoms. The molecule has 0 radical (unpaired) electrons. The number of hydrogen-bond donors (Lipinski definition) is 1. The van der Waals surface area contributed by atoms with E-state index in [0.29, 0.717) is 62.9 Å². The number of carboxylic acids is 1. The average Bonchev–Trinajstić information content (AvgIpc) is 3.27. The highest BCUT2D eigenvalue weighted by atomic mass is 79.9. The van der Waals surface area contributed by atoms with Gasteiger partial charge in [0.2, 0.25) is 0 Å². The van der Waals surface area contributed by atoms with Crippen LogP contribution >= 0.6 is 27.5 Å². The van der Waals surface area contributed by atoms with Crippen LogP contribution in [0, 0.1) is 5.92 Å². The Morgan fingerprint density at radius 1 is 1.30 bits per heavy atom. The number of para-hydroxylation sites is 1. The van der Waals surface area contributed by atoms with E-state index in [4.69, 9.17) is 30.6 Å². The molecule has 1 aromatic heterocycles. The van der Waals surface area contributed by atoms with Crippen LogP contribution in [0.15, 0.2) is 50.1 Å². The summed E-state index contributed by atoms with van der Waals surface area (Å²) in [7, 11) is 1.55. The van der Waals surface area contributed by atoms with Crippen molar-refractivity contribution in [3.63, 3.8) is 0 Å². The number of halogens is 2. The van der Waals surface area contributed by atoms with E-state index >= 15 is 0 Å². The number of hydrogen-bond acceptors (Lipinski definition) is 6. The minimum absolute atomic E-state index is 0.205. The molecular weight excluding hydrogens is 514 g/mol. The predicted molar refractivity (Wildman–Crippen MR) is 129 cm³/mol. The smallest absolute Gasteiger partial charge is 0.307 e. The lowest BCUT2D eigenvalue weighted by molar-refractivity contribution is -0.141.